The average Bonchev–Trinajstić information content (AvgIpc) is 2.72. The molecule has 2 aliphatic rings. The molecular formula is C15H29N. The van der Waals surface area contributed by atoms with Crippen LogP contribution in [0.3, 0.4) is 0 Å². The van der Waals surface area contributed by atoms with Crippen molar-refractivity contribution in [1.29, 1.82) is 0 Å². The molecule has 0 saturated heterocycles. The monoisotopic (exact) mass is 223 g/mol. The molecular weight excluding hydrogens is 194 g/mol. The Balaban J connectivity index is 1.65. The van der Waals surface area contributed by atoms with Gasteiger partial charge in [0.15, 0.2) is 0 Å². The Morgan fingerprint density at radius 1 is 0.812 bits per heavy atom. The van der Waals surface area contributed by atoms with E-state index >= 15 is 0 Å². The summed E-state index contributed by atoms with van der Waals surface area (Å²) in [6.45, 7) is 3.67. The van der Waals surface area contributed by atoms with Crippen LogP contribution >= 0.6 is 0 Å². The van der Waals surface area contributed by atoms with Crippen molar-refractivity contribution in [1.82, 2.24) is 5.32 Å². The van der Waals surface area contributed by atoms with Crippen LogP contribution in [-0.2, 0) is 0 Å². The third kappa shape index (κ3) is 3.76. The molecule has 1 heteroatoms. The summed E-state index contributed by atoms with van der Waals surface area (Å²) in [5.74, 6) is 2.03. The quantitative estimate of drug-likeness (QED) is 0.707. The number of hydrogen-bond acceptors (Lipinski definition) is 1. The second kappa shape index (κ2) is 6.64. The highest BCUT2D eigenvalue weighted by Crippen LogP contribution is 2.27. The highest BCUT2D eigenvalue weighted by molar-refractivity contribution is 4.77. The van der Waals surface area contributed by atoms with Gasteiger partial charge in [-0.25, -0.2) is 0 Å². The normalized spacial score (nSPS) is 32.8. The van der Waals surface area contributed by atoms with E-state index in [1.807, 2.05) is 0 Å². The van der Waals surface area contributed by atoms with Gasteiger partial charge in [-0.1, -0.05) is 39.0 Å². The molecule has 94 valence electrons. The van der Waals surface area contributed by atoms with E-state index in [0.717, 1.165) is 17.9 Å². The molecule has 0 bridgehead atoms. The van der Waals surface area contributed by atoms with Crippen molar-refractivity contribution >= 4 is 0 Å². The number of hydrogen-bond donors (Lipinski definition) is 1. The second-order valence-electron chi connectivity index (χ2n) is 6.04. The fourth-order valence-corrected chi connectivity index (χ4v) is 3.54. The molecule has 0 amide bonds. The Morgan fingerprint density at radius 3 is 2.31 bits per heavy atom. The first-order chi connectivity index (χ1) is 7.88. The summed E-state index contributed by atoms with van der Waals surface area (Å²) in [5, 5.41) is 3.85. The summed E-state index contributed by atoms with van der Waals surface area (Å²) >= 11 is 0. The average molecular weight is 223 g/mol. The summed E-state index contributed by atoms with van der Waals surface area (Å²) in [4.78, 5) is 0. The molecule has 0 heterocycles. The van der Waals surface area contributed by atoms with E-state index in [-0.39, 0.29) is 0 Å². The second-order valence-corrected chi connectivity index (χ2v) is 6.04. The van der Waals surface area contributed by atoms with Gasteiger partial charge in [-0.15, -0.1) is 0 Å². The van der Waals surface area contributed by atoms with Crippen molar-refractivity contribution in [3.8, 4) is 0 Å². The highest BCUT2D eigenvalue weighted by atomic mass is 14.9. The first-order valence-corrected chi connectivity index (χ1v) is 7.62. The summed E-state index contributed by atoms with van der Waals surface area (Å²) < 4.78 is 0. The zero-order valence-electron chi connectivity index (χ0n) is 11.0. The summed E-state index contributed by atoms with van der Waals surface area (Å²) in [5.41, 5.74) is 0. The maximum absolute atomic E-state index is 3.85. The maximum Gasteiger partial charge on any atom is 0.00672 e. The van der Waals surface area contributed by atoms with E-state index in [9.17, 15) is 0 Å². The Labute approximate surface area is 101 Å². The van der Waals surface area contributed by atoms with Crippen LogP contribution < -0.4 is 5.32 Å². The van der Waals surface area contributed by atoms with Crippen molar-refractivity contribution in [2.45, 2.75) is 77.2 Å². The largest absolute Gasteiger partial charge is 0.314 e. The molecule has 0 aromatic heterocycles. The molecule has 0 aromatic carbocycles. The van der Waals surface area contributed by atoms with E-state index in [1.54, 1.807) is 0 Å². The van der Waals surface area contributed by atoms with Crippen LogP contribution in [0.2, 0.25) is 0 Å². The van der Waals surface area contributed by atoms with Crippen LogP contribution in [0.15, 0.2) is 0 Å². The SMILES string of the molecule is CCC1CCCC(NCC2CCCC2)CC1. The van der Waals surface area contributed by atoms with Crippen LogP contribution in [0, 0.1) is 11.8 Å². The van der Waals surface area contributed by atoms with Gasteiger partial charge in [0.1, 0.15) is 0 Å². The van der Waals surface area contributed by atoms with Crippen molar-refractivity contribution in [3.05, 3.63) is 0 Å². The van der Waals surface area contributed by atoms with E-state index < -0.39 is 0 Å². The lowest BCUT2D eigenvalue weighted by molar-refractivity contribution is 0.393. The molecule has 1 N–H and O–H groups in total. The van der Waals surface area contributed by atoms with Gasteiger partial charge in [0.05, 0.1) is 0 Å². The minimum Gasteiger partial charge on any atom is -0.314 e. The first-order valence-electron chi connectivity index (χ1n) is 7.62. The zero-order chi connectivity index (χ0) is 11.2. The van der Waals surface area contributed by atoms with E-state index in [2.05, 4.69) is 12.2 Å². The van der Waals surface area contributed by atoms with Gasteiger partial charge in [0, 0.05) is 6.04 Å². The topological polar surface area (TPSA) is 12.0 Å². The van der Waals surface area contributed by atoms with Crippen molar-refractivity contribution < 1.29 is 0 Å². The van der Waals surface area contributed by atoms with Crippen LogP contribution in [0.4, 0.5) is 0 Å². The molecule has 2 saturated carbocycles. The molecule has 2 rings (SSSR count). The lowest BCUT2D eigenvalue weighted by Gasteiger charge is -2.19. The molecule has 2 aliphatic carbocycles. The fourth-order valence-electron chi connectivity index (χ4n) is 3.54. The van der Waals surface area contributed by atoms with E-state index in [0.29, 0.717) is 0 Å². The summed E-state index contributed by atoms with van der Waals surface area (Å²) in [7, 11) is 0. The zero-order valence-corrected chi connectivity index (χ0v) is 11.0. The minimum absolute atomic E-state index is 0.845. The van der Waals surface area contributed by atoms with Gasteiger partial charge in [-0.2, -0.15) is 0 Å². The Hall–Kier alpha value is -0.0400. The molecule has 0 spiro atoms. The third-order valence-electron chi connectivity index (χ3n) is 4.84. The van der Waals surface area contributed by atoms with Gasteiger partial charge in [-0.05, 0) is 50.5 Å². The molecule has 16 heavy (non-hydrogen) atoms. The van der Waals surface area contributed by atoms with Gasteiger partial charge in [0.2, 0.25) is 0 Å². The minimum atomic E-state index is 0.845. The van der Waals surface area contributed by atoms with Crippen molar-refractivity contribution in [3.63, 3.8) is 0 Å². The van der Waals surface area contributed by atoms with E-state index in [4.69, 9.17) is 0 Å². The predicted molar refractivity (Wildman–Crippen MR) is 70.6 cm³/mol. The molecule has 0 aliphatic heterocycles. The Bertz CT molecular complexity index is 184. The van der Waals surface area contributed by atoms with Gasteiger partial charge in [-0.3, -0.25) is 0 Å². The van der Waals surface area contributed by atoms with Gasteiger partial charge >= 0.3 is 0 Å². The number of nitrogens with one attached hydrogen (secondary N) is 1. The standard InChI is InChI=1S/C15H29N/c1-2-13-8-5-9-15(11-10-13)16-12-14-6-3-4-7-14/h13-16H,2-12H2,1H3. The molecule has 1 nitrogen and oxygen atoms in total. The van der Waals surface area contributed by atoms with Gasteiger partial charge in [0.25, 0.3) is 0 Å². The van der Waals surface area contributed by atoms with Crippen molar-refractivity contribution in [2.24, 2.45) is 11.8 Å². The molecule has 0 radical (unpaired) electrons. The lowest BCUT2D eigenvalue weighted by Crippen LogP contribution is -2.32. The van der Waals surface area contributed by atoms with Crippen LogP contribution in [-0.4, -0.2) is 12.6 Å². The molecule has 2 unspecified atom stereocenters. The van der Waals surface area contributed by atoms with Crippen molar-refractivity contribution in [2.75, 3.05) is 6.54 Å². The molecule has 0 aromatic rings. The van der Waals surface area contributed by atoms with Crippen LogP contribution in [0.5, 0.6) is 0 Å². The lowest BCUT2D eigenvalue weighted by atomic mass is 9.97. The predicted octanol–water partition coefficient (Wildman–Crippen LogP) is 4.13. The van der Waals surface area contributed by atoms with Gasteiger partial charge < -0.3 is 5.32 Å². The summed E-state index contributed by atoms with van der Waals surface area (Å²) in [6.07, 6.45) is 14.6. The Kier molecular flexibility index (Phi) is 5.15. The summed E-state index contributed by atoms with van der Waals surface area (Å²) in [6, 6.07) is 0.845. The number of rotatable bonds is 4. The van der Waals surface area contributed by atoms with E-state index in [1.165, 1.54) is 70.8 Å². The van der Waals surface area contributed by atoms with Crippen LogP contribution in [0.1, 0.15) is 71.1 Å². The first kappa shape index (κ1) is 12.4. The van der Waals surface area contributed by atoms with Crippen LogP contribution in [0.25, 0.3) is 0 Å². The third-order valence-corrected chi connectivity index (χ3v) is 4.84. The maximum atomic E-state index is 3.85. The smallest absolute Gasteiger partial charge is 0.00672 e. The fraction of sp³-hybridized carbons (Fsp3) is 1.00. The highest BCUT2D eigenvalue weighted by Gasteiger charge is 2.20. The molecule has 2 fully saturated rings. The Morgan fingerprint density at radius 2 is 1.56 bits per heavy atom. The molecule has 2 atom stereocenters.